The smallest absolute Gasteiger partial charge is 0.126 e. The van der Waals surface area contributed by atoms with Gasteiger partial charge in [0.1, 0.15) is 5.84 Å². The van der Waals surface area contributed by atoms with Gasteiger partial charge in [0.2, 0.25) is 0 Å². The monoisotopic (exact) mass is 311 g/mol. The lowest BCUT2D eigenvalue weighted by Crippen LogP contribution is -2.40. The fourth-order valence-corrected chi connectivity index (χ4v) is 2.43. The van der Waals surface area contributed by atoms with E-state index >= 15 is 0 Å². The molecule has 0 amide bonds. The van der Waals surface area contributed by atoms with Crippen LogP contribution in [0.15, 0.2) is 22.7 Å². The molecule has 0 spiro atoms. The lowest BCUT2D eigenvalue weighted by atomic mass is 9.86. The van der Waals surface area contributed by atoms with Crippen molar-refractivity contribution in [3.8, 4) is 0 Å². The van der Waals surface area contributed by atoms with Crippen LogP contribution in [0.4, 0.5) is 5.69 Å². The largest absolute Gasteiger partial charge is 0.384 e. The zero-order chi connectivity index (χ0) is 14.1. The van der Waals surface area contributed by atoms with E-state index in [1.807, 2.05) is 25.2 Å². The number of hydrogen-bond donors (Lipinski definition) is 2. The van der Waals surface area contributed by atoms with E-state index in [-0.39, 0.29) is 11.3 Å². The highest BCUT2D eigenvalue weighted by Gasteiger charge is 2.26. The predicted octanol–water partition coefficient (Wildman–Crippen LogP) is 3.60. The summed E-state index contributed by atoms with van der Waals surface area (Å²) in [7, 11) is 2.05. The second-order valence-electron chi connectivity index (χ2n) is 5.70. The van der Waals surface area contributed by atoms with Gasteiger partial charge in [-0.1, -0.05) is 26.8 Å². The molecule has 0 aliphatic carbocycles. The molecular formula is C14H22BrN3. The van der Waals surface area contributed by atoms with Crippen molar-refractivity contribution in [2.75, 3.05) is 11.9 Å². The number of nitrogen functional groups attached to an aromatic ring is 1. The van der Waals surface area contributed by atoms with Gasteiger partial charge in [0, 0.05) is 23.2 Å². The zero-order valence-electron chi connectivity index (χ0n) is 11.7. The molecule has 0 fully saturated rings. The second kappa shape index (κ2) is 5.31. The molecule has 1 atom stereocenters. The minimum absolute atomic E-state index is 0.0884. The summed E-state index contributed by atoms with van der Waals surface area (Å²) >= 11 is 3.47. The van der Waals surface area contributed by atoms with E-state index in [1.54, 1.807) is 0 Å². The molecular weight excluding hydrogens is 290 g/mol. The maximum Gasteiger partial charge on any atom is 0.126 e. The summed E-state index contributed by atoms with van der Waals surface area (Å²) in [5.74, 6) is 0.0884. The molecule has 0 radical (unpaired) electrons. The Hall–Kier alpha value is -1.03. The van der Waals surface area contributed by atoms with Crippen LogP contribution < -0.4 is 10.6 Å². The van der Waals surface area contributed by atoms with E-state index in [9.17, 15) is 0 Å². The number of nitrogens with two attached hydrogens (primary N) is 1. The summed E-state index contributed by atoms with van der Waals surface area (Å²) in [6.45, 7) is 8.81. The van der Waals surface area contributed by atoms with Crippen molar-refractivity contribution in [2.24, 2.45) is 11.1 Å². The topological polar surface area (TPSA) is 53.1 Å². The third-order valence-corrected chi connectivity index (χ3v) is 4.14. The number of benzene rings is 1. The van der Waals surface area contributed by atoms with Crippen molar-refractivity contribution in [2.45, 2.75) is 33.7 Å². The summed E-state index contributed by atoms with van der Waals surface area (Å²) in [4.78, 5) is 2.18. The van der Waals surface area contributed by atoms with E-state index in [4.69, 9.17) is 11.1 Å². The Morgan fingerprint density at radius 3 is 2.39 bits per heavy atom. The average Bonchev–Trinajstić information content (AvgIpc) is 2.24. The SMILES string of the molecule is CC(N(C)c1cccc(Br)c1C(=N)N)C(C)(C)C. The van der Waals surface area contributed by atoms with Gasteiger partial charge >= 0.3 is 0 Å². The summed E-state index contributed by atoms with van der Waals surface area (Å²) in [5, 5.41) is 7.73. The maximum atomic E-state index is 7.73. The van der Waals surface area contributed by atoms with Crippen LogP contribution in [0.3, 0.4) is 0 Å². The van der Waals surface area contributed by atoms with Crippen LogP contribution in [0.25, 0.3) is 0 Å². The molecule has 0 aliphatic rings. The normalized spacial score (nSPS) is 13.2. The highest BCUT2D eigenvalue weighted by atomic mass is 79.9. The van der Waals surface area contributed by atoms with Gasteiger partial charge in [-0.25, -0.2) is 0 Å². The van der Waals surface area contributed by atoms with Gasteiger partial charge in [-0.2, -0.15) is 0 Å². The molecule has 1 aromatic rings. The molecule has 0 aromatic heterocycles. The highest BCUT2D eigenvalue weighted by Crippen LogP contribution is 2.32. The Kier molecular flexibility index (Phi) is 4.43. The summed E-state index contributed by atoms with van der Waals surface area (Å²) < 4.78 is 0.862. The molecule has 0 saturated carbocycles. The Balaban J connectivity index is 3.26. The quantitative estimate of drug-likeness (QED) is 0.662. The lowest BCUT2D eigenvalue weighted by Gasteiger charge is -2.37. The van der Waals surface area contributed by atoms with Gasteiger partial charge in [-0.15, -0.1) is 0 Å². The van der Waals surface area contributed by atoms with Gasteiger partial charge in [-0.3, -0.25) is 5.41 Å². The fourth-order valence-electron chi connectivity index (χ4n) is 1.86. The third kappa shape index (κ3) is 3.05. The van der Waals surface area contributed by atoms with Gasteiger partial charge in [0.15, 0.2) is 0 Å². The van der Waals surface area contributed by atoms with Crippen molar-refractivity contribution in [3.05, 3.63) is 28.2 Å². The summed E-state index contributed by atoms with van der Waals surface area (Å²) in [6.07, 6.45) is 0. The molecule has 100 valence electrons. The number of hydrogen-bond acceptors (Lipinski definition) is 2. The Morgan fingerprint density at radius 2 is 1.94 bits per heavy atom. The first-order valence-corrected chi connectivity index (χ1v) is 6.81. The van der Waals surface area contributed by atoms with E-state index in [1.165, 1.54) is 0 Å². The first kappa shape index (κ1) is 15.0. The minimum Gasteiger partial charge on any atom is -0.384 e. The first-order valence-electron chi connectivity index (χ1n) is 6.02. The molecule has 1 unspecified atom stereocenters. The molecule has 0 saturated heterocycles. The van der Waals surface area contributed by atoms with Gasteiger partial charge in [-0.05, 0) is 40.4 Å². The average molecular weight is 312 g/mol. The number of rotatable bonds is 3. The Bertz CT molecular complexity index is 449. The number of nitrogens with one attached hydrogen (secondary N) is 1. The fraction of sp³-hybridized carbons (Fsp3) is 0.500. The van der Waals surface area contributed by atoms with Crippen LogP contribution in [0.2, 0.25) is 0 Å². The first-order chi connectivity index (χ1) is 8.16. The van der Waals surface area contributed by atoms with Crippen LogP contribution in [-0.4, -0.2) is 18.9 Å². The van der Waals surface area contributed by atoms with Gasteiger partial charge in [0.05, 0.1) is 5.56 Å². The van der Waals surface area contributed by atoms with Crippen molar-refractivity contribution >= 4 is 27.5 Å². The van der Waals surface area contributed by atoms with Crippen LogP contribution in [0.5, 0.6) is 0 Å². The predicted molar refractivity (Wildman–Crippen MR) is 82.5 cm³/mol. The molecule has 1 rings (SSSR count). The summed E-state index contributed by atoms with van der Waals surface area (Å²) in [5.41, 5.74) is 7.59. The minimum atomic E-state index is 0.0884. The molecule has 3 N–H and O–H groups in total. The van der Waals surface area contributed by atoms with E-state index in [2.05, 4.69) is 48.5 Å². The van der Waals surface area contributed by atoms with Crippen LogP contribution in [0, 0.1) is 10.8 Å². The van der Waals surface area contributed by atoms with Gasteiger partial charge < -0.3 is 10.6 Å². The lowest BCUT2D eigenvalue weighted by molar-refractivity contribution is 0.329. The van der Waals surface area contributed by atoms with Crippen molar-refractivity contribution in [1.82, 2.24) is 0 Å². The van der Waals surface area contributed by atoms with Crippen molar-refractivity contribution in [1.29, 1.82) is 5.41 Å². The van der Waals surface area contributed by atoms with Crippen molar-refractivity contribution < 1.29 is 0 Å². The Labute approximate surface area is 118 Å². The van der Waals surface area contributed by atoms with E-state index in [0.29, 0.717) is 6.04 Å². The van der Waals surface area contributed by atoms with E-state index in [0.717, 1.165) is 15.7 Å². The van der Waals surface area contributed by atoms with E-state index < -0.39 is 0 Å². The third-order valence-electron chi connectivity index (χ3n) is 3.48. The molecule has 0 aliphatic heterocycles. The zero-order valence-corrected chi connectivity index (χ0v) is 13.3. The van der Waals surface area contributed by atoms with Crippen LogP contribution >= 0.6 is 15.9 Å². The molecule has 0 heterocycles. The van der Waals surface area contributed by atoms with Crippen LogP contribution in [0.1, 0.15) is 33.3 Å². The second-order valence-corrected chi connectivity index (χ2v) is 6.55. The van der Waals surface area contributed by atoms with Gasteiger partial charge in [0.25, 0.3) is 0 Å². The number of nitrogens with zero attached hydrogens (tertiary/aromatic N) is 1. The molecule has 3 nitrogen and oxygen atoms in total. The number of halogens is 1. The van der Waals surface area contributed by atoms with Crippen LogP contribution in [-0.2, 0) is 0 Å². The number of anilines is 1. The molecule has 1 aromatic carbocycles. The van der Waals surface area contributed by atoms with Crippen molar-refractivity contribution in [3.63, 3.8) is 0 Å². The highest BCUT2D eigenvalue weighted by molar-refractivity contribution is 9.10. The standard InChI is InChI=1S/C14H22BrN3/c1-9(14(2,3)4)18(5)11-8-6-7-10(15)12(11)13(16)17/h6-9H,1-5H3,(H3,16,17). The molecule has 4 heteroatoms. The molecule has 0 bridgehead atoms. The number of amidine groups is 1. The maximum absolute atomic E-state index is 7.73. The summed E-state index contributed by atoms with van der Waals surface area (Å²) in [6, 6.07) is 6.22. The Morgan fingerprint density at radius 1 is 1.39 bits per heavy atom. The molecule has 18 heavy (non-hydrogen) atoms.